The van der Waals surface area contributed by atoms with Crippen LogP contribution in [0.15, 0.2) is 48.6 Å². The quantitative estimate of drug-likeness (QED) is 0.461. The third kappa shape index (κ3) is 4.47. The van der Waals surface area contributed by atoms with Crippen LogP contribution in [0.1, 0.15) is 6.92 Å². The molecule has 0 heterocycles. The maximum absolute atomic E-state index is 11.3. The Labute approximate surface area is 135 Å². The molecule has 0 aliphatic rings. The molecule has 0 fully saturated rings. The molecule has 122 valence electrons. The van der Waals surface area contributed by atoms with Crippen molar-refractivity contribution in [3.8, 4) is 11.5 Å². The molecule has 0 radical (unpaired) electrons. The van der Waals surface area contributed by atoms with Crippen molar-refractivity contribution >= 4 is 16.7 Å². The van der Waals surface area contributed by atoms with E-state index in [0.29, 0.717) is 17.1 Å². The minimum atomic E-state index is -0.425. The second kappa shape index (κ2) is 8.19. The summed E-state index contributed by atoms with van der Waals surface area (Å²) in [4.78, 5) is 11.3. The number of hydrogen-bond donors (Lipinski definition) is 1. The van der Waals surface area contributed by atoms with Gasteiger partial charge in [0.05, 0.1) is 6.61 Å². The Hall–Kier alpha value is -2.53. The predicted octanol–water partition coefficient (Wildman–Crippen LogP) is 2.71. The van der Waals surface area contributed by atoms with Crippen LogP contribution in [-0.2, 0) is 9.53 Å². The van der Waals surface area contributed by atoms with Crippen molar-refractivity contribution in [3.05, 3.63) is 48.6 Å². The lowest BCUT2D eigenvalue weighted by molar-refractivity contribution is -0.139. The lowest BCUT2D eigenvalue weighted by Crippen LogP contribution is -2.12. The van der Waals surface area contributed by atoms with E-state index in [1.165, 1.54) is 0 Å². The number of benzene rings is 2. The fraction of sp³-hybridized carbons (Fsp3) is 0.278. The number of esters is 1. The summed E-state index contributed by atoms with van der Waals surface area (Å²) in [6.45, 7) is 5.72. The molecule has 5 nitrogen and oxygen atoms in total. The van der Waals surface area contributed by atoms with Gasteiger partial charge in [-0.2, -0.15) is 0 Å². The molecule has 2 rings (SSSR count). The van der Waals surface area contributed by atoms with E-state index in [1.54, 1.807) is 6.92 Å². The van der Waals surface area contributed by atoms with E-state index in [-0.39, 0.29) is 26.4 Å². The summed E-state index contributed by atoms with van der Waals surface area (Å²) in [5.41, 5.74) is 0.362. The van der Waals surface area contributed by atoms with Crippen molar-refractivity contribution in [2.45, 2.75) is 6.92 Å². The summed E-state index contributed by atoms with van der Waals surface area (Å²) in [5, 5.41) is 10.7. The fourth-order valence-electron chi connectivity index (χ4n) is 2.07. The summed E-state index contributed by atoms with van der Waals surface area (Å²) in [7, 11) is 0. The number of aliphatic hydroxyl groups excluding tert-OH is 1. The molecule has 0 bridgehead atoms. The Kier molecular flexibility index (Phi) is 6.00. The van der Waals surface area contributed by atoms with Gasteiger partial charge < -0.3 is 19.3 Å². The van der Waals surface area contributed by atoms with Gasteiger partial charge >= 0.3 is 5.97 Å². The number of rotatable bonds is 8. The Morgan fingerprint density at radius 2 is 1.57 bits per heavy atom. The Bertz CT molecular complexity index is 693. The van der Waals surface area contributed by atoms with Gasteiger partial charge in [0, 0.05) is 16.3 Å². The maximum atomic E-state index is 11.3. The van der Waals surface area contributed by atoms with E-state index in [1.807, 2.05) is 36.4 Å². The van der Waals surface area contributed by atoms with Crippen LogP contribution in [0.4, 0.5) is 0 Å². The molecule has 1 N–H and O–H groups in total. The van der Waals surface area contributed by atoms with E-state index in [9.17, 15) is 4.79 Å². The van der Waals surface area contributed by atoms with Gasteiger partial charge in [0.1, 0.15) is 31.3 Å². The largest absolute Gasteiger partial charge is 0.491 e. The van der Waals surface area contributed by atoms with E-state index >= 15 is 0 Å². The van der Waals surface area contributed by atoms with Crippen LogP contribution in [0.25, 0.3) is 10.8 Å². The molecule has 0 saturated carbocycles. The molecule has 0 atom stereocenters. The zero-order valence-electron chi connectivity index (χ0n) is 13.1. The molecule has 0 spiro atoms. The normalized spacial score (nSPS) is 10.3. The van der Waals surface area contributed by atoms with E-state index in [2.05, 4.69) is 6.58 Å². The van der Waals surface area contributed by atoms with Crippen LogP contribution in [-0.4, -0.2) is 37.5 Å². The summed E-state index contributed by atoms with van der Waals surface area (Å²) < 4.78 is 16.2. The summed E-state index contributed by atoms with van der Waals surface area (Å²) >= 11 is 0. The van der Waals surface area contributed by atoms with Crippen LogP contribution < -0.4 is 9.47 Å². The highest BCUT2D eigenvalue weighted by Gasteiger charge is 2.07. The van der Waals surface area contributed by atoms with Gasteiger partial charge in [0.15, 0.2) is 0 Å². The predicted molar refractivity (Wildman–Crippen MR) is 87.8 cm³/mol. The van der Waals surface area contributed by atoms with Crippen molar-refractivity contribution in [3.63, 3.8) is 0 Å². The first-order valence-corrected chi connectivity index (χ1v) is 7.34. The molecule has 0 aliphatic heterocycles. The van der Waals surface area contributed by atoms with Crippen LogP contribution in [0.3, 0.4) is 0 Å². The standard InChI is InChI=1S/C18H20O5/c1-13(2)18(20)23-12-11-22-17-8-4-5-14-15(17)6-3-7-16(14)21-10-9-19/h3-8,19H,1,9-12H2,2H3. The van der Waals surface area contributed by atoms with Gasteiger partial charge in [-0.25, -0.2) is 4.79 Å². The average Bonchev–Trinajstić information content (AvgIpc) is 2.56. The first-order valence-electron chi connectivity index (χ1n) is 7.34. The number of carbonyl (C=O) groups excluding carboxylic acids is 1. The number of fused-ring (bicyclic) bond motifs is 1. The van der Waals surface area contributed by atoms with Crippen molar-refractivity contribution in [1.82, 2.24) is 0 Å². The topological polar surface area (TPSA) is 65.0 Å². The van der Waals surface area contributed by atoms with Gasteiger partial charge in [-0.3, -0.25) is 0 Å². The fourth-order valence-corrected chi connectivity index (χ4v) is 2.07. The van der Waals surface area contributed by atoms with Gasteiger partial charge in [0.2, 0.25) is 0 Å². The number of ether oxygens (including phenoxy) is 3. The molecular formula is C18H20O5. The van der Waals surface area contributed by atoms with Crippen LogP contribution in [0, 0.1) is 0 Å². The average molecular weight is 316 g/mol. The van der Waals surface area contributed by atoms with Gasteiger partial charge in [-0.05, 0) is 19.1 Å². The van der Waals surface area contributed by atoms with Crippen molar-refractivity contribution in [2.24, 2.45) is 0 Å². The monoisotopic (exact) mass is 316 g/mol. The van der Waals surface area contributed by atoms with Gasteiger partial charge in [0.25, 0.3) is 0 Å². The lowest BCUT2D eigenvalue weighted by atomic mass is 10.1. The summed E-state index contributed by atoms with van der Waals surface area (Å²) in [5.74, 6) is 0.949. The molecular weight excluding hydrogens is 296 g/mol. The molecule has 0 aliphatic carbocycles. The van der Waals surface area contributed by atoms with Crippen LogP contribution in [0.5, 0.6) is 11.5 Å². The SMILES string of the molecule is C=C(C)C(=O)OCCOc1cccc2c(OCCO)cccc12. The third-order valence-electron chi connectivity index (χ3n) is 3.11. The number of aliphatic hydroxyl groups is 1. The second-order valence-electron chi connectivity index (χ2n) is 4.94. The molecule has 2 aromatic carbocycles. The molecule has 0 saturated heterocycles. The molecule has 2 aromatic rings. The minimum Gasteiger partial charge on any atom is -0.491 e. The number of carbonyl (C=O) groups is 1. The highest BCUT2D eigenvalue weighted by atomic mass is 16.6. The molecule has 0 aromatic heterocycles. The first-order chi connectivity index (χ1) is 11.1. The maximum Gasteiger partial charge on any atom is 0.333 e. The molecule has 23 heavy (non-hydrogen) atoms. The van der Waals surface area contributed by atoms with Crippen LogP contribution >= 0.6 is 0 Å². The zero-order chi connectivity index (χ0) is 16.7. The highest BCUT2D eigenvalue weighted by Crippen LogP contribution is 2.32. The Morgan fingerprint density at radius 1 is 1.00 bits per heavy atom. The van der Waals surface area contributed by atoms with Crippen LogP contribution in [0.2, 0.25) is 0 Å². The second-order valence-corrected chi connectivity index (χ2v) is 4.94. The molecule has 5 heteroatoms. The third-order valence-corrected chi connectivity index (χ3v) is 3.11. The van der Waals surface area contributed by atoms with Crippen molar-refractivity contribution in [2.75, 3.05) is 26.4 Å². The number of hydrogen-bond acceptors (Lipinski definition) is 5. The summed E-state index contributed by atoms with van der Waals surface area (Å²) in [6.07, 6.45) is 0. The summed E-state index contributed by atoms with van der Waals surface area (Å²) in [6, 6.07) is 11.3. The highest BCUT2D eigenvalue weighted by molar-refractivity contribution is 5.93. The molecule has 0 unspecified atom stereocenters. The smallest absolute Gasteiger partial charge is 0.333 e. The van der Waals surface area contributed by atoms with E-state index < -0.39 is 5.97 Å². The van der Waals surface area contributed by atoms with Gasteiger partial charge in [-0.15, -0.1) is 0 Å². The zero-order valence-corrected chi connectivity index (χ0v) is 13.1. The van der Waals surface area contributed by atoms with E-state index in [0.717, 1.165) is 10.8 Å². The van der Waals surface area contributed by atoms with Crippen molar-refractivity contribution in [1.29, 1.82) is 0 Å². The van der Waals surface area contributed by atoms with E-state index in [4.69, 9.17) is 19.3 Å². The Balaban J connectivity index is 2.06. The van der Waals surface area contributed by atoms with Gasteiger partial charge in [-0.1, -0.05) is 30.8 Å². The molecule has 0 amide bonds. The first kappa shape index (κ1) is 16.8. The van der Waals surface area contributed by atoms with Crippen molar-refractivity contribution < 1.29 is 24.1 Å². The minimum absolute atomic E-state index is 0.0410. The Morgan fingerprint density at radius 3 is 2.09 bits per heavy atom. The lowest BCUT2D eigenvalue weighted by Gasteiger charge is -2.12.